The van der Waals surface area contributed by atoms with Gasteiger partial charge in [-0.1, -0.05) is 87.4 Å². The summed E-state index contributed by atoms with van der Waals surface area (Å²) in [4.78, 5) is 12.7. The molecular formula is C37H36O4. The zero-order chi connectivity index (χ0) is 28.4. The summed E-state index contributed by atoms with van der Waals surface area (Å²) in [6.07, 6.45) is 11.7. The Morgan fingerprint density at radius 1 is 0.610 bits per heavy atom. The predicted molar refractivity (Wildman–Crippen MR) is 172 cm³/mol. The highest BCUT2D eigenvalue weighted by Crippen LogP contribution is 2.32. The molecule has 1 aromatic heterocycles. The second-order valence-corrected chi connectivity index (χ2v) is 10.1. The van der Waals surface area contributed by atoms with E-state index in [1.54, 1.807) is 0 Å². The zero-order valence-electron chi connectivity index (χ0n) is 23.8. The van der Waals surface area contributed by atoms with Gasteiger partial charge in [-0.25, -0.2) is 0 Å². The van der Waals surface area contributed by atoms with Crippen molar-refractivity contribution in [2.45, 2.75) is 39.5 Å². The molecule has 0 N–H and O–H groups in total. The summed E-state index contributed by atoms with van der Waals surface area (Å²) in [5.41, 5.74) is 1.81. The SMILES string of the molecule is CCCCOc1ccc2ccccc2c1/C=C/c1cc(=O)cc(/C=C/c2c(OCCCC)ccc3ccccc23)o1. The van der Waals surface area contributed by atoms with Crippen molar-refractivity contribution in [2.75, 3.05) is 13.2 Å². The standard InChI is InChI=1S/C37H36O4/c1-3-5-23-39-36-21-15-27-11-7-9-13-32(27)34(36)19-17-30-25-29(38)26-31(41-30)18-20-35-33-14-10-8-12-28(33)16-22-37(35)40-24-6-4-2/h7-22,25-26H,3-6,23-24H2,1-2H3/b19-17+,20-18+. The molecule has 0 fully saturated rings. The van der Waals surface area contributed by atoms with E-state index in [0.717, 1.165) is 69.9 Å². The van der Waals surface area contributed by atoms with Crippen LogP contribution in [-0.4, -0.2) is 13.2 Å². The van der Waals surface area contributed by atoms with Crippen molar-refractivity contribution in [3.63, 3.8) is 0 Å². The van der Waals surface area contributed by atoms with Crippen LogP contribution in [0.25, 0.3) is 45.8 Å². The number of hydrogen-bond donors (Lipinski definition) is 0. The maximum atomic E-state index is 12.7. The molecule has 5 aromatic rings. The number of hydrogen-bond acceptors (Lipinski definition) is 4. The second kappa shape index (κ2) is 13.7. The molecule has 41 heavy (non-hydrogen) atoms. The van der Waals surface area contributed by atoms with Crippen molar-refractivity contribution in [2.24, 2.45) is 0 Å². The molecule has 4 aromatic carbocycles. The van der Waals surface area contributed by atoms with E-state index in [4.69, 9.17) is 13.9 Å². The third-order valence-electron chi connectivity index (χ3n) is 7.01. The molecule has 1 heterocycles. The predicted octanol–water partition coefficient (Wildman–Crippen LogP) is 9.64. The lowest BCUT2D eigenvalue weighted by molar-refractivity contribution is 0.309. The monoisotopic (exact) mass is 544 g/mol. The van der Waals surface area contributed by atoms with E-state index < -0.39 is 0 Å². The Kier molecular flexibility index (Phi) is 9.33. The topological polar surface area (TPSA) is 48.7 Å². The van der Waals surface area contributed by atoms with Gasteiger partial charge in [-0.05, 0) is 70.8 Å². The van der Waals surface area contributed by atoms with Crippen LogP contribution in [0.15, 0.2) is 94.1 Å². The summed E-state index contributed by atoms with van der Waals surface area (Å²) in [5, 5.41) is 4.42. The number of rotatable bonds is 12. The number of fused-ring (bicyclic) bond motifs is 2. The summed E-state index contributed by atoms with van der Waals surface area (Å²) < 4.78 is 18.4. The zero-order valence-corrected chi connectivity index (χ0v) is 23.8. The highest BCUT2D eigenvalue weighted by Gasteiger charge is 2.09. The van der Waals surface area contributed by atoms with Crippen molar-refractivity contribution >= 4 is 45.8 Å². The quantitative estimate of drug-likeness (QED) is 0.147. The van der Waals surface area contributed by atoms with Crippen molar-refractivity contribution in [3.8, 4) is 11.5 Å². The minimum atomic E-state index is -0.120. The molecule has 0 saturated heterocycles. The van der Waals surface area contributed by atoms with E-state index in [1.807, 2.05) is 60.7 Å². The molecule has 0 aliphatic heterocycles. The fourth-order valence-electron chi connectivity index (χ4n) is 4.81. The van der Waals surface area contributed by atoms with Crippen LogP contribution in [0, 0.1) is 0 Å². The summed E-state index contributed by atoms with van der Waals surface area (Å²) >= 11 is 0. The molecule has 0 radical (unpaired) electrons. The Morgan fingerprint density at radius 2 is 1.07 bits per heavy atom. The molecule has 0 atom stereocenters. The third kappa shape index (κ3) is 6.96. The maximum absolute atomic E-state index is 12.7. The lowest BCUT2D eigenvalue weighted by Crippen LogP contribution is -1.99. The van der Waals surface area contributed by atoms with Crippen LogP contribution < -0.4 is 14.9 Å². The first kappa shape index (κ1) is 28.0. The first-order valence-corrected chi connectivity index (χ1v) is 14.5. The van der Waals surface area contributed by atoms with E-state index in [9.17, 15) is 4.79 Å². The van der Waals surface area contributed by atoms with Gasteiger partial charge < -0.3 is 13.9 Å². The molecule has 5 rings (SSSR count). The summed E-state index contributed by atoms with van der Waals surface area (Å²) in [5.74, 6) is 2.58. The van der Waals surface area contributed by atoms with Crippen LogP contribution >= 0.6 is 0 Å². The van der Waals surface area contributed by atoms with Crippen LogP contribution in [0.2, 0.25) is 0 Å². The summed E-state index contributed by atoms with van der Waals surface area (Å²) in [6, 6.07) is 27.6. The molecule has 4 heteroatoms. The number of unbranched alkanes of at least 4 members (excludes halogenated alkanes) is 2. The van der Waals surface area contributed by atoms with Gasteiger partial charge in [0, 0.05) is 23.3 Å². The molecule has 0 aliphatic rings. The second-order valence-electron chi connectivity index (χ2n) is 10.1. The van der Waals surface area contributed by atoms with Crippen molar-refractivity contribution in [1.29, 1.82) is 0 Å². The summed E-state index contributed by atoms with van der Waals surface area (Å²) in [7, 11) is 0. The fourth-order valence-corrected chi connectivity index (χ4v) is 4.81. The van der Waals surface area contributed by atoms with Crippen LogP contribution in [-0.2, 0) is 0 Å². The average Bonchev–Trinajstić information content (AvgIpc) is 2.99. The molecule has 0 amide bonds. The van der Waals surface area contributed by atoms with Crippen LogP contribution in [0.5, 0.6) is 11.5 Å². The Hall–Kier alpha value is -4.57. The minimum absolute atomic E-state index is 0.120. The maximum Gasteiger partial charge on any atom is 0.186 e. The smallest absolute Gasteiger partial charge is 0.186 e. The van der Waals surface area contributed by atoms with Crippen LogP contribution in [0.1, 0.15) is 62.2 Å². The Bertz CT molecular complexity index is 1620. The minimum Gasteiger partial charge on any atom is -0.493 e. The van der Waals surface area contributed by atoms with E-state index in [-0.39, 0.29) is 5.43 Å². The van der Waals surface area contributed by atoms with E-state index in [0.29, 0.717) is 24.7 Å². The first-order valence-electron chi connectivity index (χ1n) is 14.5. The Morgan fingerprint density at radius 3 is 1.54 bits per heavy atom. The average molecular weight is 545 g/mol. The van der Waals surface area contributed by atoms with Crippen LogP contribution in [0.3, 0.4) is 0 Å². The highest BCUT2D eigenvalue weighted by atomic mass is 16.5. The largest absolute Gasteiger partial charge is 0.493 e. The number of ether oxygens (including phenoxy) is 2. The van der Waals surface area contributed by atoms with E-state index in [1.165, 1.54) is 12.1 Å². The van der Waals surface area contributed by atoms with Crippen molar-refractivity contribution in [1.82, 2.24) is 0 Å². The van der Waals surface area contributed by atoms with Gasteiger partial charge in [0.2, 0.25) is 0 Å². The molecule has 0 unspecified atom stereocenters. The lowest BCUT2D eigenvalue weighted by Gasteiger charge is -2.12. The van der Waals surface area contributed by atoms with Crippen molar-refractivity contribution < 1.29 is 13.9 Å². The van der Waals surface area contributed by atoms with Gasteiger partial charge in [-0.15, -0.1) is 0 Å². The molecule has 0 spiro atoms. The van der Waals surface area contributed by atoms with Crippen LogP contribution in [0.4, 0.5) is 0 Å². The molecule has 208 valence electrons. The van der Waals surface area contributed by atoms with Gasteiger partial charge in [0.05, 0.1) is 13.2 Å². The Balaban J connectivity index is 1.48. The molecular weight excluding hydrogens is 508 g/mol. The molecule has 0 bridgehead atoms. The molecule has 0 aliphatic carbocycles. The third-order valence-corrected chi connectivity index (χ3v) is 7.01. The molecule has 0 saturated carbocycles. The van der Waals surface area contributed by atoms with Gasteiger partial charge in [-0.2, -0.15) is 0 Å². The first-order chi connectivity index (χ1) is 20.2. The fraction of sp³-hybridized carbons (Fsp3) is 0.216. The van der Waals surface area contributed by atoms with E-state index >= 15 is 0 Å². The van der Waals surface area contributed by atoms with Crippen molar-refractivity contribution in [3.05, 3.63) is 118 Å². The van der Waals surface area contributed by atoms with Gasteiger partial charge in [-0.3, -0.25) is 4.79 Å². The summed E-state index contributed by atoms with van der Waals surface area (Å²) in [6.45, 7) is 5.61. The van der Waals surface area contributed by atoms with Gasteiger partial charge in [0.25, 0.3) is 0 Å². The highest BCUT2D eigenvalue weighted by molar-refractivity contribution is 5.96. The number of benzene rings is 4. The molecule has 4 nitrogen and oxygen atoms in total. The lowest BCUT2D eigenvalue weighted by atomic mass is 10.0. The van der Waals surface area contributed by atoms with E-state index in [2.05, 4.69) is 50.2 Å². The van der Waals surface area contributed by atoms with Gasteiger partial charge in [0.1, 0.15) is 23.0 Å². The van der Waals surface area contributed by atoms with Gasteiger partial charge >= 0.3 is 0 Å². The normalized spacial score (nSPS) is 11.7. The van der Waals surface area contributed by atoms with Gasteiger partial charge in [0.15, 0.2) is 5.43 Å². The Labute approximate surface area is 241 Å².